The monoisotopic (exact) mass is 248 g/mol. The van der Waals surface area contributed by atoms with Gasteiger partial charge in [0.1, 0.15) is 5.69 Å². The van der Waals surface area contributed by atoms with Crippen LogP contribution < -0.4 is 0 Å². The fraction of sp³-hybridized carbons (Fsp3) is 0.571. The van der Waals surface area contributed by atoms with Gasteiger partial charge in [-0.05, 0) is 49.9 Å². The highest BCUT2D eigenvalue weighted by Crippen LogP contribution is 2.24. The molecule has 1 aliphatic rings. The summed E-state index contributed by atoms with van der Waals surface area (Å²) >= 11 is 0. The zero-order valence-electron chi connectivity index (χ0n) is 11.0. The summed E-state index contributed by atoms with van der Waals surface area (Å²) in [6.07, 6.45) is 4.09. The first-order valence-corrected chi connectivity index (χ1v) is 6.50. The molecule has 0 radical (unpaired) electrons. The maximum atomic E-state index is 10.9. The number of aromatic nitrogens is 1. The molecule has 1 aromatic heterocycles. The van der Waals surface area contributed by atoms with Crippen molar-refractivity contribution in [3.05, 3.63) is 29.6 Å². The topological polar surface area (TPSA) is 53.4 Å². The molecule has 0 spiro atoms. The first kappa shape index (κ1) is 13.0. The summed E-state index contributed by atoms with van der Waals surface area (Å²) in [7, 11) is 0. The van der Waals surface area contributed by atoms with Crippen molar-refractivity contribution in [2.24, 2.45) is 5.92 Å². The Morgan fingerprint density at radius 3 is 3.06 bits per heavy atom. The second-order valence-corrected chi connectivity index (χ2v) is 5.19. The summed E-state index contributed by atoms with van der Waals surface area (Å²) in [5, 5.41) is 8.93. The third-order valence-corrected chi connectivity index (χ3v) is 3.93. The smallest absolute Gasteiger partial charge is 0.354 e. The first-order valence-electron chi connectivity index (χ1n) is 6.50. The second-order valence-electron chi connectivity index (χ2n) is 5.19. The summed E-state index contributed by atoms with van der Waals surface area (Å²) < 4.78 is 0. The number of likely N-dealkylation sites (tertiary alicyclic amines) is 1. The lowest BCUT2D eigenvalue weighted by molar-refractivity contribution is 0.0690. The second kappa shape index (κ2) is 5.48. The van der Waals surface area contributed by atoms with E-state index in [-0.39, 0.29) is 5.69 Å². The number of carboxylic acid groups (broad SMARTS) is 1. The average Bonchev–Trinajstić information content (AvgIpc) is 2.35. The number of aromatic carboxylic acids is 1. The normalized spacial score (nSPS) is 25.0. The van der Waals surface area contributed by atoms with Gasteiger partial charge < -0.3 is 5.11 Å². The van der Waals surface area contributed by atoms with Crippen LogP contribution in [-0.4, -0.2) is 33.5 Å². The van der Waals surface area contributed by atoms with E-state index >= 15 is 0 Å². The predicted molar refractivity (Wildman–Crippen MR) is 69.5 cm³/mol. The molecule has 18 heavy (non-hydrogen) atoms. The van der Waals surface area contributed by atoms with Gasteiger partial charge in [0.05, 0.1) is 0 Å². The molecule has 0 aromatic carbocycles. The quantitative estimate of drug-likeness (QED) is 0.892. The molecule has 4 heteroatoms. The molecule has 2 atom stereocenters. The molecule has 0 bridgehead atoms. The van der Waals surface area contributed by atoms with Crippen LogP contribution in [-0.2, 0) is 6.54 Å². The molecule has 2 heterocycles. The molecule has 2 unspecified atom stereocenters. The molecule has 1 saturated heterocycles. The Kier molecular flexibility index (Phi) is 3.97. The van der Waals surface area contributed by atoms with Crippen molar-refractivity contribution < 1.29 is 9.90 Å². The van der Waals surface area contributed by atoms with Gasteiger partial charge in [0.25, 0.3) is 0 Å². The number of carboxylic acids is 1. The van der Waals surface area contributed by atoms with Crippen molar-refractivity contribution in [3.63, 3.8) is 0 Å². The minimum atomic E-state index is -0.961. The SMILES string of the molecule is CC1CCCN(Cc2ccnc(C(=O)O)c2)C1C. The lowest BCUT2D eigenvalue weighted by Gasteiger charge is -2.37. The van der Waals surface area contributed by atoms with Crippen LogP contribution in [0.2, 0.25) is 0 Å². The van der Waals surface area contributed by atoms with Crippen molar-refractivity contribution in [3.8, 4) is 0 Å². The Morgan fingerprint density at radius 2 is 2.33 bits per heavy atom. The van der Waals surface area contributed by atoms with E-state index in [1.165, 1.54) is 12.8 Å². The van der Waals surface area contributed by atoms with Crippen molar-refractivity contribution in [1.82, 2.24) is 9.88 Å². The molecule has 1 fully saturated rings. The minimum absolute atomic E-state index is 0.130. The van der Waals surface area contributed by atoms with Crippen LogP contribution in [0.1, 0.15) is 42.7 Å². The molecule has 4 nitrogen and oxygen atoms in total. The number of rotatable bonds is 3. The molecule has 1 N–H and O–H groups in total. The first-order chi connectivity index (χ1) is 8.58. The van der Waals surface area contributed by atoms with Gasteiger partial charge in [-0.25, -0.2) is 9.78 Å². The highest BCUT2D eigenvalue weighted by molar-refractivity contribution is 5.85. The van der Waals surface area contributed by atoms with Crippen LogP contribution in [0.25, 0.3) is 0 Å². The van der Waals surface area contributed by atoms with Crippen LogP contribution in [0.4, 0.5) is 0 Å². The van der Waals surface area contributed by atoms with Gasteiger partial charge in [0, 0.05) is 18.8 Å². The molecule has 1 aromatic rings. The highest BCUT2D eigenvalue weighted by atomic mass is 16.4. The van der Waals surface area contributed by atoms with E-state index in [9.17, 15) is 4.79 Å². The lowest BCUT2D eigenvalue weighted by Crippen LogP contribution is -2.41. The molecule has 0 saturated carbocycles. The van der Waals surface area contributed by atoms with Gasteiger partial charge in [-0.1, -0.05) is 6.92 Å². The molecule has 98 valence electrons. The van der Waals surface area contributed by atoms with Gasteiger partial charge in [-0.15, -0.1) is 0 Å². The zero-order chi connectivity index (χ0) is 13.1. The summed E-state index contributed by atoms with van der Waals surface area (Å²) in [5.74, 6) is -0.253. The summed E-state index contributed by atoms with van der Waals surface area (Å²) in [5.41, 5.74) is 1.16. The summed E-state index contributed by atoms with van der Waals surface area (Å²) in [6, 6.07) is 4.13. The van der Waals surface area contributed by atoms with E-state index < -0.39 is 5.97 Å². The predicted octanol–water partition coefficient (Wildman–Crippen LogP) is 2.40. The van der Waals surface area contributed by atoms with Crippen molar-refractivity contribution >= 4 is 5.97 Å². The molecular weight excluding hydrogens is 228 g/mol. The molecule has 1 aliphatic heterocycles. The number of carbonyl (C=O) groups is 1. The fourth-order valence-electron chi connectivity index (χ4n) is 2.57. The Morgan fingerprint density at radius 1 is 1.56 bits per heavy atom. The maximum Gasteiger partial charge on any atom is 0.354 e. The van der Waals surface area contributed by atoms with E-state index in [0.29, 0.717) is 12.0 Å². The maximum absolute atomic E-state index is 10.9. The summed E-state index contributed by atoms with van der Waals surface area (Å²) in [6.45, 7) is 6.44. The van der Waals surface area contributed by atoms with Gasteiger partial charge >= 0.3 is 5.97 Å². The molecular formula is C14H20N2O2. The van der Waals surface area contributed by atoms with Crippen LogP contribution in [0.3, 0.4) is 0 Å². The number of pyridine rings is 1. The molecule has 0 aliphatic carbocycles. The van der Waals surface area contributed by atoms with E-state index in [0.717, 1.165) is 18.7 Å². The van der Waals surface area contributed by atoms with Crippen molar-refractivity contribution in [2.45, 2.75) is 39.3 Å². The van der Waals surface area contributed by atoms with Crippen LogP contribution in [0.5, 0.6) is 0 Å². The van der Waals surface area contributed by atoms with Crippen molar-refractivity contribution in [1.29, 1.82) is 0 Å². The van der Waals surface area contributed by atoms with Crippen LogP contribution in [0.15, 0.2) is 18.3 Å². The minimum Gasteiger partial charge on any atom is -0.477 e. The number of nitrogens with zero attached hydrogens (tertiary/aromatic N) is 2. The number of hydrogen-bond donors (Lipinski definition) is 1. The largest absolute Gasteiger partial charge is 0.477 e. The van der Waals surface area contributed by atoms with Gasteiger partial charge in [-0.2, -0.15) is 0 Å². The van der Waals surface area contributed by atoms with E-state index in [2.05, 4.69) is 23.7 Å². The summed E-state index contributed by atoms with van der Waals surface area (Å²) in [4.78, 5) is 17.2. The van der Waals surface area contributed by atoms with Crippen LogP contribution >= 0.6 is 0 Å². The third kappa shape index (κ3) is 2.88. The fourth-order valence-corrected chi connectivity index (χ4v) is 2.57. The standard InChI is InChI=1S/C14H20N2O2/c1-10-4-3-7-16(11(10)2)9-12-5-6-15-13(8-12)14(17)18/h5-6,8,10-11H,3-4,7,9H2,1-2H3,(H,17,18). The lowest BCUT2D eigenvalue weighted by atomic mass is 9.92. The number of piperidine rings is 1. The Balaban J connectivity index is 2.08. The molecule has 2 rings (SSSR count). The van der Waals surface area contributed by atoms with Gasteiger partial charge in [0.15, 0.2) is 0 Å². The Bertz CT molecular complexity index is 434. The van der Waals surface area contributed by atoms with E-state index in [1.54, 1.807) is 12.3 Å². The van der Waals surface area contributed by atoms with E-state index in [4.69, 9.17) is 5.11 Å². The average molecular weight is 248 g/mol. The Hall–Kier alpha value is -1.42. The highest BCUT2D eigenvalue weighted by Gasteiger charge is 2.24. The van der Waals surface area contributed by atoms with Gasteiger partial charge in [0.2, 0.25) is 0 Å². The van der Waals surface area contributed by atoms with Gasteiger partial charge in [-0.3, -0.25) is 4.90 Å². The number of hydrogen-bond acceptors (Lipinski definition) is 3. The van der Waals surface area contributed by atoms with E-state index in [1.807, 2.05) is 6.07 Å². The van der Waals surface area contributed by atoms with Crippen molar-refractivity contribution in [2.75, 3.05) is 6.54 Å². The Labute approximate surface area is 108 Å². The third-order valence-electron chi connectivity index (χ3n) is 3.93. The molecule has 0 amide bonds. The van der Waals surface area contributed by atoms with Crippen LogP contribution in [0, 0.1) is 5.92 Å². The zero-order valence-corrected chi connectivity index (χ0v) is 11.0.